The van der Waals surface area contributed by atoms with Crippen LogP contribution in [0.2, 0.25) is 0 Å². The SMILES string of the molecule is Cc1c(C(=O)NN=C/C=C/c2ccccc2[N+](=O)[O-])oc2ccccc12. The predicted molar refractivity (Wildman–Crippen MR) is 99.0 cm³/mol. The molecule has 3 aromatic rings. The number of aryl methyl sites for hydroxylation is 1. The van der Waals surface area contributed by atoms with Crippen molar-refractivity contribution in [2.24, 2.45) is 5.10 Å². The van der Waals surface area contributed by atoms with E-state index in [0.717, 1.165) is 10.9 Å². The minimum atomic E-state index is -0.464. The topological polar surface area (TPSA) is 97.7 Å². The summed E-state index contributed by atoms with van der Waals surface area (Å²) in [6.45, 7) is 1.80. The van der Waals surface area contributed by atoms with E-state index in [4.69, 9.17) is 4.42 Å². The van der Waals surface area contributed by atoms with Crippen LogP contribution in [0, 0.1) is 17.0 Å². The zero-order chi connectivity index (χ0) is 18.5. The molecule has 26 heavy (non-hydrogen) atoms. The zero-order valence-electron chi connectivity index (χ0n) is 13.9. The molecular weight excluding hydrogens is 334 g/mol. The van der Waals surface area contributed by atoms with Crippen molar-refractivity contribution in [2.75, 3.05) is 0 Å². The van der Waals surface area contributed by atoms with Gasteiger partial charge in [-0.15, -0.1) is 0 Å². The van der Waals surface area contributed by atoms with Crippen LogP contribution >= 0.6 is 0 Å². The summed E-state index contributed by atoms with van der Waals surface area (Å²) in [7, 11) is 0. The highest BCUT2D eigenvalue weighted by Gasteiger charge is 2.16. The smallest absolute Gasteiger partial charge is 0.307 e. The molecule has 1 amide bonds. The molecule has 0 bridgehead atoms. The third-order valence-electron chi connectivity index (χ3n) is 3.79. The minimum Gasteiger partial charge on any atom is -0.451 e. The number of nitro benzene ring substituents is 1. The van der Waals surface area contributed by atoms with E-state index in [-0.39, 0.29) is 11.4 Å². The van der Waals surface area contributed by atoms with E-state index in [0.29, 0.717) is 11.1 Å². The summed E-state index contributed by atoms with van der Waals surface area (Å²) in [5.41, 5.74) is 4.20. The number of hydrogen-bond acceptors (Lipinski definition) is 5. The van der Waals surface area contributed by atoms with Gasteiger partial charge in [0.1, 0.15) is 5.58 Å². The van der Waals surface area contributed by atoms with Gasteiger partial charge in [0, 0.05) is 23.2 Å². The number of carbonyl (C=O) groups excluding carboxylic acids is 1. The predicted octanol–water partition coefficient (Wildman–Crippen LogP) is 4.08. The van der Waals surface area contributed by atoms with Crippen molar-refractivity contribution in [3.63, 3.8) is 0 Å². The van der Waals surface area contributed by atoms with Gasteiger partial charge in [-0.3, -0.25) is 14.9 Å². The summed E-state index contributed by atoms with van der Waals surface area (Å²) in [5.74, 6) is -0.264. The number of nitrogens with zero attached hydrogens (tertiary/aromatic N) is 2. The molecule has 0 saturated heterocycles. The Kier molecular flexibility index (Phi) is 4.89. The van der Waals surface area contributed by atoms with E-state index in [1.165, 1.54) is 18.4 Å². The normalized spacial score (nSPS) is 11.4. The van der Waals surface area contributed by atoms with E-state index in [1.807, 2.05) is 18.2 Å². The molecule has 7 heteroatoms. The summed E-state index contributed by atoms with van der Waals surface area (Å²) >= 11 is 0. The lowest BCUT2D eigenvalue weighted by Gasteiger charge is -1.96. The van der Waals surface area contributed by atoms with Gasteiger partial charge in [0.05, 0.1) is 10.5 Å². The van der Waals surface area contributed by atoms with Crippen LogP contribution in [0.1, 0.15) is 21.7 Å². The molecule has 3 rings (SSSR count). The van der Waals surface area contributed by atoms with Crippen LogP contribution in [-0.2, 0) is 0 Å². The third-order valence-corrected chi connectivity index (χ3v) is 3.79. The van der Waals surface area contributed by atoms with Gasteiger partial charge in [-0.1, -0.05) is 30.3 Å². The first kappa shape index (κ1) is 17.1. The van der Waals surface area contributed by atoms with Crippen molar-refractivity contribution < 1.29 is 14.1 Å². The van der Waals surface area contributed by atoms with Crippen LogP contribution in [0.4, 0.5) is 5.69 Å². The second kappa shape index (κ2) is 7.43. The van der Waals surface area contributed by atoms with Gasteiger partial charge in [-0.2, -0.15) is 5.10 Å². The molecule has 0 spiro atoms. The number of amides is 1. The van der Waals surface area contributed by atoms with Gasteiger partial charge in [0.25, 0.3) is 5.69 Å². The monoisotopic (exact) mass is 349 g/mol. The Labute approximate surface area is 148 Å². The summed E-state index contributed by atoms with van der Waals surface area (Å²) in [4.78, 5) is 22.7. The average Bonchev–Trinajstić information content (AvgIpc) is 2.99. The lowest BCUT2D eigenvalue weighted by Crippen LogP contribution is -2.17. The number of nitro groups is 1. The number of para-hydroxylation sites is 2. The number of furan rings is 1. The van der Waals surface area contributed by atoms with Crippen molar-refractivity contribution in [3.8, 4) is 0 Å². The van der Waals surface area contributed by atoms with Crippen LogP contribution in [0.5, 0.6) is 0 Å². The number of allylic oxidation sites excluding steroid dienone is 1. The molecule has 0 radical (unpaired) electrons. The van der Waals surface area contributed by atoms with E-state index < -0.39 is 10.8 Å². The Hall–Kier alpha value is -3.74. The van der Waals surface area contributed by atoms with Gasteiger partial charge in [-0.25, -0.2) is 5.43 Å². The molecule has 0 aliphatic carbocycles. The first-order valence-corrected chi connectivity index (χ1v) is 7.79. The maximum Gasteiger partial charge on any atom is 0.307 e. The van der Waals surface area contributed by atoms with Crippen LogP contribution < -0.4 is 5.43 Å². The molecule has 0 fully saturated rings. The molecule has 0 atom stereocenters. The van der Waals surface area contributed by atoms with E-state index in [1.54, 1.807) is 37.3 Å². The molecule has 1 aromatic heterocycles. The molecule has 1 heterocycles. The number of carbonyl (C=O) groups is 1. The zero-order valence-corrected chi connectivity index (χ0v) is 13.9. The van der Waals surface area contributed by atoms with Gasteiger partial charge >= 0.3 is 5.91 Å². The summed E-state index contributed by atoms with van der Waals surface area (Å²) in [6, 6.07) is 13.7. The summed E-state index contributed by atoms with van der Waals surface area (Å²) in [6.07, 6.45) is 4.39. The van der Waals surface area contributed by atoms with Crippen molar-refractivity contribution >= 4 is 34.9 Å². The standard InChI is InChI=1S/C19H15N3O4/c1-13-15-9-3-5-11-17(15)26-18(13)19(23)21-20-12-6-8-14-7-2-4-10-16(14)22(24)25/h2-12H,1H3,(H,21,23)/b8-6+,20-12?. The van der Waals surface area contributed by atoms with Crippen LogP contribution in [0.15, 0.2) is 64.1 Å². The lowest BCUT2D eigenvalue weighted by atomic mass is 10.1. The fraction of sp³-hybridized carbons (Fsp3) is 0.0526. The maximum absolute atomic E-state index is 12.2. The van der Waals surface area contributed by atoms with Gasteiger partial charge < -0.3 is 4.42 Å². The number of benzene rings is 2. The molecular formula is C19H15N3O4. The summed E-state index contributed by atoms with van der Waals surface area (Å²) < 4.78 is 5.55. The Bertz CT molecular complexity index is 1030. The summed E-state index contributed by atoms with van der Waals surface area (Å²) in [5, 5.41) is 15.6. The van der Waals surface area contributed by atoms with Crippen molar-refractivity contribution in [1.29, 1.82) is 0 Å². The minimum absolute atomic E-state index is 0.000846. The Morgan fingerprint density at radius 3 is 2.69 bits per heavy atom. The fourth-order valence-corrected chi connectivity index (χ4v) is 2.52. The molecule has 1 N–H and O–H groups in total. The lowest BCUT2D eigenvalue weighted by molar-refractivity contribution is -0.385. The highest BCUT2D eigenvalue weighted by atomic mass is 16.6. The van der Waals surface area contributed by atoms with Crippen LogP contribution in [0.3, 0.4) is 0 Å². The van der Waals surface area contributed by atoms with Gasteiger partial charge in [0.2, 0.25) is 0 Å². The van der Waals surface area contributed by atoms with E-state index in [2.05, 4.69) is 10.5 Å². The third kappa shape index (κ3) is 3.51. The molecule has 7 nitrogen and oxygen atoms in total. The highest BCUT2D eigenvalue weighted by Crippen LogP contribution is 2.24. The van der Waals surface area contributed by atoms with Crippen molar-refractivity contribution in [2.45, 2.75) is 6.92 Å². The highest BCUT2D eigenvalue weighted by molar-refractivity contribution is 5.99. The largest absolute Gasteiger partial charge is 0.451 e. The van der Waals surface area contributed by atoms with Gasteiger partial charge in [0.15, 0.2) is 5.76 Å². The van der Waals surface area contributed by atoms with Gasteiger partial charge in [-0.05, 0) is 31.2 Å². The number of hydrazone groups is 1. The number of nitrogens with one attached hydrogen (secondary N) is 1. The Morgan fingerprint density at radius 1 is 1.19 bits per heavy atom. The van der Waals surface area contributed by atoms with Crippen molar-refractivity contribution in [3.05, 3.63) is 81.6 Å². The maximum atomic E-state index is 12.2. The van der Waals surface area contributed by atoms with Crippen LogP contribution in [-0.4, -0.2) is 17.0 Å². The van der Waals surface area contributed by atoms with Crippen LogP contribution in [0.25, 0.3) is 17.0 Å². The average molecular weight is 349 g/mol. The molecule has 0 saturated carbocycles. The van der Waals surface area contributed by atoms with E-state index >= 15 is 0 Å². The number of hydrogen-bond donors (Lipinski definition) is 1. The Balaban J connectivity index is 1.68. The molecule has 2 aromatic carbocycles. The molecule has 0 unspecified atom stereocenters. The quantitative estimate of drug-likeness (QED) is 0.426. The molecule has 0 aliphatic heterocycles. The second-order valence-corrected chi connectivity index (χ2v) is 5.45. The molecule has 130 valence electrons. The molecule has 0 aliphatic rings. The first-order valence-electron chi connectivity index (χ1n) is 7.79. The van der Waals surface area contributed by atoms with E-state index in [9.17, 15) is 14.9 Å². The first-order chi connectivity index (χ1) is 12.6. The fourth-order valence-electron chi connectivity index (χ4n) is 2.52. The number of fused-ring (bicyclic) bond motifs is 1. The Morgan fingerprint density at radius 2 is 1.92 bits per heavy atom. The van der Waals surface area contributed by atoms with Crippen molar-refractivity contribution in [1.82, 2.24) is 5.43 Å². The second-order valence-electron chi connectivity index (χ2n) is 5.45. The number of rotatable bonds is 5.